The van der Waals surface area contributed by atoms with Crippen molar-refractivity contribution in [3.05, 3.63) is 47.5 Å². The molecule has 1 aliphatic carbocycles. The molecule has 5 aliphatic rings. The van der Waals surface area contributed by atoms with E-state index in [0.29, 0.717) is 30.7 Å². The first-order chi connectivity index (χ1) is 17.1. The number of likely N-dealkylation sites (tertiary alicyclic amines) is 1. The zero-order chi connectivity index (χ0) is 23.9. The molecule has 0 radical (unpaired) electrons. The van der Waals surface area contributed by atoms with E-state index in [1.807, 2.05) is 30.3 Å². The van der Waals surface area contributed by atoms with Crippen LogP contribution in [-0.4, -0.2) is 70.3 Å². The van der Waals surface area contributed by atoms with Gasteiger partial charge in [-0.1, -0.05) is 48.4 Å². The minimum absolute atomic E-state index is 0.128. The Morgan fingerprint density at radius 3 is 2.77 bits per heavy atom. The van der Waals surface area contributed by atoms with Crippen molar-refractivity contribution < 1.29 is 14.4 Å². The van der Waals surface area contributed by atoms with Gasteiger partial charge in [0.05, 0.1) is 12.6 Å². The highest BCUT2D eigenvalue weighted by Gasteiger charge is 2.47. The van der Waals surface area contributed by atoms with Crippen LogP contribution in [-0.2, 0) is 16.1 Å². The number of hydrogen-bond acceptors (Lipinski definition) is 4. The van der Waals surface area contributed by atoms with Gasteiger partial charge in [-0.25, -0.2) is 4.79 Å². The van der Waals surface area contributed by atoms with Crippen LogP contribution in [0.1, 0.15) is 56.9 Å². The number of carbonyl (C=O) groups excluding carboxylic acids is 3. The molecule has 4 fully saturated rings. The second-order valence-electron chi connectivity index (χ2n) is 11.0. The summed E-state index contributed by atoms with van der Waals surface area (Å²) in [7, 11) is 0. The van der Waals surface area contributed by atoms with Crippen molar-refractivity contribution in [3.8, 4) is 0 Å². The van der Waals surface area contributed by atoms with Gasteiger partial charge in [0.1, 0.15) is 6.04 Å². The Hall–Kier alpha value is -2.67. The first kappa shape index (κ1) is 22.8. The average molecular weight is 477 g/mol. The minimum Gasteiger partial charge on any atom is -0.336 e. The summed E-state index contributed by atoms with van der Waals surface area (Å²) in [6.07, 6.45) is 10.5. The predicted molar refractivity (Wildman–Crippen MR) is 132 cm³/mol. The Bertz CT molecular complexity index is 1020. The highest BCUT2D eigenvalue weighted by molar-refractivity contribution is 6.04. The molecule has 7 heteroatoms. The molecule has 2 bridgehead atoms. The summed E-state index contributed by atoms with van der Waals surface area (Å²) in [4.78, 5) is 44.9. The smallest absolute Gasteiger partial charge is 0.325 e. The van der Waals surface area contributed by atoms with Gasteiger partial charge >= 0.3 is 6.03 Å². The van der Waals surface area contributed by atoms with Crippen LogP contribution in [0.25, 0.3) is 0 Å². The molecule has 0 saturated carbocycles. The molecule has 186 valence electrons. The van der Waals surface area contributed by atoms with Gasteiger partial charge < -0.3 is 10.2 Å². The number of nitrogens with one attached hydrogen (secondary N) is 1. The molecule has 1 aromatic rings. The lowest BCUT2D eigenvalue weighted by molar-refractivity contribution is -0.136. The van der Waals surface area contributed by atoms with E-state index in [-0.39, 0.29) is 30.4 Å². The molecule has 0 aromatic heterocycles. The molecule has 7 nitrogen and oxygen atoms in total. The van der Waals surface area contributed by atoms with Gasteiger partial charge in [-0.15, -0.1) is 0 Å². The molecule has 1 aromatic carbocycles. The van der Waals surface area contributed by atoms with E-state index < -0.39 is 6.04 Å². The third-order valence-corrected chi connectivity index (χ3v) is 8.91. The number of piperidine rings is 3. The second kappa shape index (κ2) is 9.41. The van der Waals surface area contributed by atoms with Gasteiger partial charge in [0.2, 0.25) is 5.91 Å². The summed E-state index contributed by atoms with van der Waals surface area (Å²) in [5.74, 6) is 1.07. The van der Waals surface area contributed by atoms with Crippen LogP contribution in [0, 0.1) is 11.8 Å². The normalized spacial score (nSPS) is 32.6. The zero-order valence-corrected chi connectivity index (χ0v) is 20.4. The van der Waals surface area contributed by atoms with Crippen molar-refractivity contribution in [2.75, 3.05) is 19.6 Å². The van der Waals surface area contributed by atoms with Gasteiger partial charge in [-0.05, 0) is 62.5 Å². The minimum atomic E-state index is -0.616. The summed E-state index contributed by atoms with van der Waals surface area (Å²) in [5, 5.41) is 2.80. The summed E-state index contributed by atoms with van der Waals surface area (Å²) in [5.41, 5.74) is 2.40. The standard InChI is InChI=1S/C28H36N4O3/c33-25(12-11-23-27(34)32(28(35)29-23)17-19-7-2-1-3-8-19)31-14-6-9-20-15-21-16-22(26(20)31)18-30-13-5-4-10-24(21)30/h1-3,7-8,15,21-24,26H,4-6,9-14,16-18H2,(H,29,35)/t21-,22+,23?,24?,26?/m1/s1. The molecule has 1 N–H and O–H groups in total. The highest BCUT2D eigenvalue weighted by Crippen LogP contribution is 2.45. The van der Waals surface area contributed by atoms with Gasteiger partial charge in [-0.2, -0.15) is 0 Å². The number of urea groups is 1. The Morgan fingerprint density at radius 2 is 1.91 bits per heavy atom. The van der Waals surface area contributed by atoms with Crippen molar-refractivity contribution in [1.82, 2.24) is 20.0 Å². The number of rotatable bonds is 5. The van der Waals surface area contributed by atoms with Crippen molar-refractivity contribution in [2.45, 2.75) is 76.0 Å². The van der Waals surface area contributed by atoms with E-state index >= 15 is 0 Å². The lowest BCUT2D eigenvalue weighted by Gasteiger charge is -2.54. The second-order valence-corrected chi connectivity index (χ2v) is 11.0. The van der Waals surface area contributed by atoms with E-state index in [1.165, 1.54) is 42.7 Å². The van der Waals surface area contributed by atoms with Gasteiger partial charge in [0, 0.05) is 25.6 Å². The lowest BCUT2D eigenvalue weighted by atomic mass is 9.68. The van der Waals surface area contributed by atoms with Gasteiger partial charge in [0.15, 0.2) is 0 Å². The van der Waals surface area contributed by atoms with Crippen molar-refractivity contribution in [2.24, 2.45) is 11.8 Å². The number of amides is 4. The molecular weight excluding hydrogens is 440 g/mol. The van der Waals surface area contributed by atoms with Gasteiger partial charge in [0.25, 0.3) is 5.91 Å². The summed E-state index contributed by atoms with van der Waals surface area (Å²) in [6, 6.07) is 9.47. The van der Waals surface area contributed by atoms with Crippen LogP contribution in [0.2, 0.25) is 0 Å². The van der Waals surface area contributed by atoms with Crippen molar-refractivity contribution in [1.29, 1.82) is 0 Å². The SMILES string of the molecule is O=C1NC(CCC(=O)N2CCCC3=C[C@@H]4C[C@@H](CN5CCCCC45)C32)C(=O)N1Cc1ccccc1. The average Bonchev–Trinajstić information content (AvgIpc) is 3.15. The van der Waals surface area contributed by atoms with Crippen LogP contribution in [0.4, 0.5) is 4.79 Å². The van der Waals surface area contributed by atoms with Crippen LogP contribution < -0.4 is 5.32 Å². The third kappa shape index (κ3) is 4.28. The zero-order valence-electron chi connectivity index (χ0n) is 20.4. The highest BCUT2D eigenvalue weighted by atomic mass is 16.2. The number of imide groups is 1. The fraction of sp³-hybridized carbons (Fsp3) is 0.607. The van der Waals surface area contributed by atoms with Crippen LogP contribution in [0.15, 0.2) is 42.0 Å². The number of carbonyl (C=O) groups is 3. The first-order valence-electron chi connectivity index (χ1n) is 13.5. The molecule has 4 aliphatic heterocycles. The predicted octanol–water partition coefficient (Wildman–Crippen LogP) is 3.31. The lowest BCUT2D eigenvalue weighted by Crippen LogP contribution is -2.60. The van der Waals surface area contributed by atoms with E-state index in [1.54, 1.807) is 0 Å². The maximum absolute atomic E-state index is 13.5. The third-order valence-electron chi connectivity index (χ3n) is 8.91. The van der Waals surface area contributed by atoms with E-state index in [9.17, 15) is 14.4 Å². The van der Waals surface area contributed by atoms with Crippen molar-refractivity contribution in [3.63, 3.8) is 0 Å². The topological polar surface area (TPSA) is 73.0 Å². The quantitative estimate of drug-likeness (QED) is 0.523. The molecule has 0 spiro atoms. The number of fused-ring (bicyclic) bond motifs is 6. The van der Waals surface area contributed by atoms with Crippen LogP contribution >= 0.6 is 0 Å². The molecule has 6 rings (SSSR count). The molecule has 4 heterocycles. The fourth-order valence-corrected chi connectivity index (χ4v) is 7.35. The summed E-state index contributed by atoms with van der Waals surface area (Å²) in [6.45, 7) is 3.37. The van der Waals surface area contributed by atoms with Crippen LogP contribution in [0.3, 0.4) is 0 Å². The number of nitrogens with zero attached hydrogens (tertiary/aromatic N) is 3. The Kier molecular flexibility index (Phi) is 6.13. The first-order valence-corrected chi connectivity index (χ1v) is 13.5. The molecule has 4 amide bonds. The van der Waals surface area contributed by atoms with E-state index in [0.717, 1.165) is 31.5 Å². The molecule has 35 heavy (non-hydrogen) atoms. The molecule has 3 unspecified atom stereocenters. The number of benzene rings is 1. The van der Waals surface area contributed by atoms with Crippen molar-refractivity contribution >= 4 is 17.8 Å². The molecular formula is C28H36N4O3. The van der Waals surface area contributed by atoms with Gasteiger partial charge in [-0.3, -0.25) is 19.4 Å². The number of hydrogen-bond donors (Lipinski definition) is 1. The molecule has 5 atom stereocenters. The molecule has 4 saturated heterocycles. The maximum atomic E-state index is 13.5. The van der Waals surface area contributed by atoms with Crippen LogP contribution in [0.5, 0.6) is 0 Å². The monoisotopic (exact) mass is 476 g/mol. The van der Waals surface area contributed by atoms with E-state index in [2.05, 4.69) is 21.2 Å². The maximum Gasteiger partial charge on any atom is 0.325 e. The largest absolute Gasteiger partial charge is 0.336 e. The van der Waals surface area contributed by atoms with E-state index in [4.69, 9.17) is 0 Å². The fourth-order valence-electron chi connectivity index (χ4n) is 7.35. The Labute approximate surface area is 207 Å². The Balaban J connectivity index is 1.10. The Morgan fingerprint density at radius 1 is 1.06 bits per heavy atom. The summed E-state index contributed by atoms with van der Waals surface area (Å²) >= 11 is 0. The summed E-state index contributed by atoms with van der Waals surface area (Å²) < 4.78 is 0.